The highest BCUT2D eigenvalue weighted by molar-refractivity contribution is 5.51. The van der Waals surface area contributed by atoms with Gasteiger partial charge < -0.3 is 14.4 Å². The van der Waals surface area contributed by atoms with Crippen molar-refractivity contribution < 1.29 is 9.47 Å². The highest BCUT2D eigenvalue weighted by Gasteiger charge is 2.17. The molecule has 0 amide bonds. The van der Waals surface area contributed by atoms with E-state index < -0.39 is 0 Å². The molecule has 140 valence electrons. The molecule has 2 aromatic rings. The highest BCUT2D eigenvalue weighted by atomic mass is 16.5. The first-order valence-corrected chi connectivity index (χ1v) is 9.47. The molecule has 4 heteroatoms. The second-order valence-electron chi connectivity index (χ2n) is 6.98. The number of hydrogen-bond acceptors (Lipinski definition) is 4. The van der Waals surface area contributed by atoms with Crippen molar-refractivity contribution in [2.24, 2.45) is 0 Å². The second-order valence-corrected chi connectivity index (χ2v) is 6.98. The van der Waals surface area contributed by atoms with E-state index in [9.17, 15) is 0 Å². The van der Waals surface area contributed by atoms with Crippen molar-refractivity contribution >= 4 is 5.69 Å². The van der Waals surface area contributed by atoms with Crippen LogP contribution >= 0.6 is 0 Å². The Hall–Kier alpha value is -2.20. The van der Waals surface area contributed by atoms with Crippen LogP contribution in [0.15, 0.2) is 42.5 Å². The molecule has 0 bridgehead atoms. The van der Waals surface area contributed by atoms with E-state index in [0.717, 1.165) is 57.3 Å². The molecule has 0 saturated carbocycles. The molecule has 0 N–H and O–H groups in total. The van der Waals surface area contributed by atoms with Crippen LogP contribution in [0.1, 0.15) is 17.5 Å². The summed E-state index contributed by atoms with van der Waals surface area (Å²) in [7, 11) is 1.72. The second kappa shape index (κ2) is 8.95. The van der Waals surface area contributed by atoms with Crippen molar-refractivity contribution in [2.75, 3.05) is 51.3 Å². The van der Waals surface area contributed by atoms with Gasteiger partial charge in [0, 0.05) is 44.5 Å². The smallest absolute Gasteiger partial charge is 0.120 e. The highest BCUT2D eigenvalue weighted by Crippen LogP contribution is 2.22. The van der Waals surface area contributed by atoms with Gasteiger partial charge in [-0.15, -0.1) is 0 Å². The van der Waals surface area contributed by atoms with Crippen LogP contribution in [0.2, 0.25) is 0 Å². The Morgan fingerprint density at radius 3 is 2.42 bits per heavy atom. The summed E-state index contributed by atoms with van der Waals surface area (Å²) in [4.78, 5) is 4.96. The molecule has 0 unspecified atom stereocenters. The van der Waals surface area contributed by atoms with Gasteiger partial charge in [-0.05, 0) is 55.7 Å². The zero-order chi connectivity index (χ0) is 18.4. The van der Waals surface area contributed by atoms with E-state index in [2.05, 4.69) is 60.0 Å². The maximum Gasteiger partial charge on any atom is 0.120 e. The standard InChI is InChI=1S/C22H30N2O2/c1-18-8-9-22(16-19(18)2)26-15-5-10-23-11-13-24(14-12-23)20-6-4-7-21(17-20)25-3/h4,6-9,16-17H,5,10-15H2,1-3H3. The molecule has 2 aromatic carbocycles. The van der Waals surface area contributed by atoms with Gasteiger partial charge in [0.25, 0.3) is 0 Å². The summed E-state index contributed by atoms with van der Waals surface area (Å²) < 4.78 is 11.2. The summed E-state index contributed by atoms with van der Waals surface area (Å²) in [5.41, 5.74) is 3.85. The lowest BCUT2D eigenvalue weighted by atomic mass is 10.1. The van der Waals surface area contributed by atoms with Crippen LogP contribution in [-0.4, -0.2) is 51.3 Å². The third kappa shape index (κ3) is 4.92. The predicted octanol–water partition coefficient (Wildman–Crippen LogP) is 3.90. The molecule has 1 fully saturated rings. The van der Waals surface area contributed by atoms with Crippen LogP contribution in [0.4, 0.5) is 5.69 Å². The summed E-state index contributed by atoms with van der Waals surface area (Å²) >= 11 is 0. The largest absolute Gasteiger partial charge is 0.497 e. The number of piperazine rings is 1. The molecule has 0 aromatic heterocycles. The Morgan fingerprint density at radius 2 is 1.69 bits per heavy atom. The lowest BCUT2D eigenvalue weighted by Crippen LogP contribution is -2.46. The first kappa shape index (κ1) is 18.6. The van der Waals surface area contributed by atoms with Crippen molar-refractivity contribution in [3.8, 4) is 11.5 Å². The van der Waals surface area contributed by atoms with E-state index in [1.807, 2.05) is 6.07 Å². The zero-order valence-electron chi connectivity index (χ0n) is 16.2. The van der Waals surface area contributed by atoms with E-state index in [-0.39, 0.29) is 0 Å². The number of anilines is 1. The molecule has 1 heterocycles. The average Bonchev–Trinajstić information content (AvgIpc) is 2.68. The van der Waals surface area contributed by atoms with Crippen LogP contribution in [0, 0.1) is 13.8 Å². The lowest BCUT2D eigenvalue weighted by molar-refractivity contribution is 0.224. The van der Waals surface area contributed by atoms with Crippen LogP contribution in [0.3, 0.4) is 0 Å². The average molecular weight is 354 g/mol. The number of nitrogens with zero attached hydrogens (tertiary/aromatic N) is 2. The molecule has 0 atom stereocenters. The number of methoxy groups -OCH3 is 1. The minimum absolute atomic E-state index is 0.776. The predicted molar refractivity (Wildman–Crippen MR) is 108 cm³/mol. The third-order valence-corrected chi connectivity index (χ3v) is 5.16. The van der Waals surface area contributed by atoms with Gasteiger partial charge in [-0.25, -0.2) is 0 Å². The van der Waals surface area contributed by atoms with Crippen molar-refractivity contribution in [1.82, 2.24) is 4.90 Å². The van der Waals surface area contributed by atoms with Gasteiger partial charge in [-0.3, -0.25) is 4.90 Å². The Labute approximate surface area is 157 Å². The molecule has 1 aliphatic heterocycles. The number of ether oxygens (including phenoxy) is 2. The molecule has 4 nitrogen and oxygen atoms in total. The van der Waals surface area contributed by atoms with Crippen LogP contribution in [-0.2, 0) is 0 Å². The number of benzene rings is 2. The van der Waals surface area contributed by atoms with Gasteiger partial charge in [0.2, 0.25) is 0 Å². The van der Waals surface area contributed by atoms with Crippen molar-refractivity contribution in [1.29, 1.82) is 0 Å². The van der Waals surface area contributed by atoms with E-state index in [4.69, 9.17) is 9.47 Å². The van der Waals surface area contributed by atoms with Crippen LogP contribution in [0.5, 0.6) is 11.5 Å². The first-order chi connectivity index (χ1) is 12.7. The first-order valence-electron chi connectivity index (χ1n) is 9.47. The minimum Gasteiger partial charge on any atom is -0.497 e. The Morgan fingerprint density at radius 1 is 0.885 bits per heavy atom. The quantitative estimate of drug-likeness (QED) is 0.704. The molecule has 1 saturated heterocycles. The molecule has 1 aliphatic rings. The normalized spacial score (nSPS) is 15.1. The van der Waals surface area contributed by atoms with E-state index >= 15 is 0 Å². The van der Waals surface area contributed by atoms with Crippen LogP contribution in [0.25, 0.3) is 0 Å². The molecule has 0 aliphatic carbocycles. The van der Waals surface area contributed by atoms with Crippen molar-refractivity contribution in [2.45, 2.75) is 20.3 Å². The summed E-state index contributed by atoms with van der Waals surface area (Å²) in [6.45, 7) is 10.4. The fourth-order valence-corrected chi connectivity index (χ4v) is 3.32. The maximum absolute atomic E-state index is 5.90. The molecule has 26 heavy (non-hydrogen) atoms. The van der Waals surface area contributed by atoms with Crippen LogP contribution < -0.4 is 14.4 Å². The fraction of sp³-hybridized carbons (Fsp3) is 0.455. The fourth-order valence-electron chi connectivity index (χ4n) is 3.32. The summed E-state index contributed by atoms with van der Waals surface area (Å²) in [6.07, 6.45) is 1.06. The minimum atomic E-state index is 0.776. The molecular formula is C22H30N2O2. The number of hydrogen-bond donors (Lipinski definition) is 0. The lowest BCUT2D eigenvalue weighted by Gasteiger charge is -2.36. The summed E-state index contributed by atoms with van der Waals surface area (Å²) in [5, 5.41) is 0. The van der Waals surface area contributed by atoms with E-state index in [1.165, 1.54) is 16.8 Å². The van der Waals surface area contributed by atoms with E-state index in [0.29, 0.717) is 0 Å². The van der Waals surface area contributed by atoms with Crippen molar-refractivity contribution in [3.05, 3.63) is 53.6 Å². The topological polar surface area (TPSA) is 24.9 Å². The molecule has 0 spiro atoms. The monoisotopic (exact) mass is 354 g/mol. The van der Waals surface area contributed by atoms with Gasteiger partial charge in [0.05, 0.1) is 13.7 Å². The number of aryl methyl sites for hydroxylation is 2. The summed E-state index contributed by atoms with van der Waals surface area (Å²) in [5.74, 6) is 1.91. The van der Waals surface area contributed by atoms with E-state index in [1.54, 1.807) is 7.11 Å². The van der Waals surface area contributed by atoms with Crippen molar-refractivity contribution in [3.63, 3.8) is 0 Å². The van der Waals surface area contributed by atoms with Gasteiger partial charge >= 0.3 is 0 Å². The number of rotatable bonds is 7. The SMILES string of the molecule is COc1cccc(N2CCN(CCCOc3ccc(C)c(C)c3)CC2)c1. The Bertz CT molecular complexity index is 709. The van der Waals surface area contributed by atoms with Gasteiger partial charge in [-0.2, -0.15) is 0 Å². The molecule has 3 rings (SSSR count). The maximum atomic E-state index is 5.90. The Balaban J connectivity index is 1.38. The molecular weight excluding hydrogens is 324 g/mol. The van der Waals surface area contributed by atoms with Gasteiger partial charge in [-0.1, -0.05) is 12.1 Å². The van der Waals surface area contributed by atoms with Gasteiger partial charge in [0.1, 0.15) is 11.5 Å². The molecule has 0 radical (unpaired) electrons. The summed E-state index contributed by atoms with van der Waals surface area (Å²) in [6, 6.07) is 14.7. The third-order valence-electron chi connectivity index (χ3n) is 5.16. The Kier molecular flexibility index (Phi) is 6.40. The van der Waals surface area contributed by atoms with Gasteiger partial charge in [0.15, 0.2) is 0 Å². The zero-order valence-corrected chi connectivity index (χ0v) is 16.2.